The molecule has 6 heteroatoms. The minimum atomic E-state index is 0.222. The fourth-order valence-electron chi connectivity index (χ4n) is 3.01. The zero-order chi connectivity index (χ0) is 14.7. The fourth-order valence-corrected chi connectivity index (χ4v) is 3.67. The van der Waals surface area contributed by atoms with E-state index in [-0.39, 0.29) is 5.91 Å². The zero-order valence-electron chi connectivity index (χ0n) is 12.6. The van der Waals surface area contributed by atoms with E-state index in [1.165, 1.54) is 5.56 Å². The largest absolute Gasteiger partial charge is 0.340 e. The highest BCUT2D eigenvalue weighted by Gasteiger charge is 2.33. The summed E-state index contributed by atoms with van der Waals surface area (Å²) in [6, 6.07) is 2.74. The summed E-state index contributed by atoms with van der Waals surface area (Å²) >= 11 is 1.68. The number of thiophene rings is 1. The fraction of sp³-hybridized carbons (Fsp3) is 0.667. The highest BCUT2D eigenvalue weighted by Crippen LogP contribution is 2.16. The molecule has 5 nitrogen and oxygen atoms in total. The van der Waals surface area contributed by atoms with E-state index in [0.717, 1.165) is 45.8 Å². The maximum absolute atomic E-state index is 12.2. The van der Waals surface area contributed by atoms with Gasteiger partial charge in [-0.15, -0.1) is 0 Å². The minimum absolute atomic E-state index is 0.222. The molecule has 1 N–H and O–H groups in total. The molecule has 116 valence electrons. The summed E-state index contributed by atoms with van der Waals surface area (Å²) in [5.41, 5.74) is 1.22. The Labute approximate surface area is 130 Å². The number of carbonyl (C=O) groups excluding carboxylic acids is 1. The van der Waals surface area contributed by atoms with Crippen LogP contribution in [0.15, 0.2) is 16.8 Å². The Morgan fingerprint density at radius 2 is 2.19 bits per heavy atom. The summed E-state index contributed by atoms with van der Waals surface area (Å²) in [6.45, 7) is 7.84. The van der Waals surface area contributed by atoms with Gasteiger partial charge in [0, 0.05) is 58.9 Å². The van der Waals surface area contributed by atoms with Crippen LogP contribution >= 0.6 is 11.3 Å². The van der Waals surface area contributed by atoms with Crippen molar-refractivity contribution >= 4 is 17.2 Å². The van der Waals surface area contributed by atoms with Crippen LogP contribution in [0, 0.1) is 0 Å². The predicted octanol–water partition coefficient (Wildman–Crippen LogP) is 0.296. The second-order valence-electron chi connectivity index (χ2n) is 6.02. The number of likely N-dealkylation sites (N-methyl/N-ethyl adjacent to an activating group) is 1. The van der Waals surface area contributed by atoms with E-state index in [1.807, 2.05) is 11.9 Å². The number of piperazine rings is 1. The second kappa shape index (κ2) is 6.87. The predicted molar refractivity (Wildman–Crippen MR) is 85.5 cm³/mol. The van der Waals surface area contributed by atoms with Crippen LogP contribution in [0.2, 0.25) is 0 Å². The van der Waals surface area contributed by atoms with Crippen LogP contribution in [0.25, 0.3) is 0 Å². The van der Waals surface area contributed by atoms with Crippen molar-refractivity contribution in [2.75, 3.05) is 52.9 Å². The van der Waals surface area contributed by atoms with E-state index in [0.29, 0.717) is 12.6 Å². The third-order valence-corrected chi connectivity index (χ3v) is 5.12. The average Bonchev–Trinajstić information content (AvgIpc) is 2.96. The first-order valence-electron chi connectivity index (χ1n) is 7.64. The lowest BCUT2D eigenvalue weighted by molar-refractivity contribution is -0.133. The first-order valence-corrected chi connectivity index (χ1v) is 8.59. The average molecular weight is 308 g/mol. The molecule has 0 unspecified atom stereocenters. The Hall–Kier alpha value is -0.950. The number of likely N-dealkylation sites (tertiary alicyclic amines) is 1. The number of nitrogens with one attached hydrogen (secondary N) is 1. The van der Waals surface area contributed by atoms with E-state index in [2.05, 4.69) is 31.9 Å². The maximum atomic E-state index is 12.2. The third-order valence-electron chi connectivity index (χ3n) is 4.39. The summed E-state index contributed by atoms with van der Waals surface area (Å²) in [4.78, 5) is 18.9. The van der Waals surface area contributed by atoms with Crippen molar-refractivity contribution in [2.45, 2.75) is 12.6 Å². The molecule has 1 amide bonds. The number of hydrogen-bond donors (Lipinski definition) is 1. The van der Waals surface area contributed by atoms with Crippen LogP contribution in [0.3, 0.4) is 0 Å². The molecule has 0 aromatic carbocycles. The molecular weight excluding hydrogens is 284 g/mol. The van der Waals surface area contributed by atoms with Crippen LogP contribution in [0.1, 0.15) is 5.56 Å². The van der Waals surface area contributed by atoms with Gasteiger partial charge < -0.3 is 10.2 Å². The van der Waals surface area contributed by atoms with E-state index in [9.17, 15) is 4.79 Å². The first kappa shape index (κ1) is 15.0. The first-order chi connectivity index (χ1) is 10.2. The smallest absolute Gasteiger partial charge is 0.236 e. The number of hydrogen-bond acceptors (Lipinski definition) is 5. The number of amides is 1. The van der Waals surface area contributed by atoms with Crippen molar-refractivity contribution in [3.05, 3.63) is 22.4 Å². The monoisotopic (exact) mass is 308 g/mol. The lowest BCUT2D eigenvalue weighted by Crippen LogP contribution is -2.63. The minimum Gasteiger partial charge on any atom is -0.340 e. The van der Waals surface area contributed by atoms with Crippen molar-refractivity contribution in [2.24, 2.45) is 0 Å². The van der Waals surface area contributed by atoms with E-state index < -0.39 is 0 Å². The SMILES string of the molecule is CN(Cc1ccsc1)C(=O)CN1CC(N2CCNCC2)C1. The van der Waals surface area contributed by atoms with Crippen LogP contribution in [-0.2, 0) is 11.3 Å². The van der Waals surface area contributed by atoms with Gasteiger partial charge >= 0.3 is 0 Å². The molecule has 3 rings (SSSR count). The van der Waals surface area contributed by atoms with Gasteiger partial charge in [0.05, 0.1) is 6.54 Å². The standard InChI is InChI=1S/C15H24N4OS/c1-17(8-13-2-7-21-12-13)15(20)11-18-9-14(10-18)19-5-3-16-4-6-19/h2,7,12,14,16H,3-6,8-11H2,1H3. The van der Waals surface area contributed by atoms with Gasteiger partial charge in [-0.3, -0.25) is 14.6 Å². The summed E-state index contributed by atoms with van der Waals surface area (Å²) in [5.74, 6) is 0.222. The third kappa shape index (κ3) is 3.83. The Balaban J connectivity index is 1.38. The van der Waals surface area contributed by atoms with Crippen LogP contribution in [0.5, 0.6) is 0 Å². The molecule has 0 saturated carbocycles. The Kier molecular flexibility index (Phi) is 4.90. The molecule has 2 aliphatic heterocycles. The molecule has 1 aromatic heterocycles. The van der Waals surface area contributed by atoms with Crippen LogP contribution in [-0.4, -0.2) is 79.5 Å². The Morgan fingerprint density at radius 3 is 2.86 bits per heavy atom. The van der Waals surface area contributed by atoms with Gasteiger partial charge in [-0.05, 0) is 22.4 Å². The van der Waals surface area contributed by atoms with Crippen molar-refractivity contribution in [1.29, 1.82) is 0 Å². The quantitative estimate of drug-likeness (QED) is 0.849. The van der Waals surface area contributed by atoms with Crippen LogP contribution < -0.4 is 5.32 Å². The summed E-state index contributed by atoms with van der Waals surface area (Å²) in [6.07, 6.45) is 0. The molecule has 0 spiro atoms. The van der Waals surface area contributed by atoms with Gasteiger partial charge in [-0.25, -0.2) is 0 Å². The molecule has 0 radical (unpaired) electrons. The Morgan fingerprint density at radius 1 is 1.43 bits per heavy atom. The van der Waals surface area contributed by atoms with E-state index >= 15 is 0 Å². The molecule has 21 heavy (non-hydrogen) atoms. The molecule has 0 bridgehead atoms. The lowest BCUT2D eigenvalue weighted by atomic mass is 10.1. The highest BCUT2D eigenvalue weighted by atomic mass is 32.1. The van der Waals surface area contributed by atoms with Crippen molar-refractivity contribution in [3.63, 3.8) is 0 Å². The number of rotatable bonds is 5. The normalized spacial score (nSPS) is 21.2. The topological polar surface area (TPSA) is 38.8 Å². The van der Waals surface area contributed by atoms with E-state index in [4.69, 9.17) is 0 Å². The van der Waals surface area contributed by atoms with Gasteiger partial charge in [0.15, 0.2) is 0 Å². The molecule has 2 aliphatic rings. The molecule has 1 aromatic rings. The number of nitrogens with zero attached hydrogens (tertiary/aromatic N) is 3. The Bertz CT molecular complexity index is 452. The molecular formula is C15H24N4OS. The molecule has 0 atom stereocenters. The zero-order valence-corrected chi connectivity index (χ0v) is 13.4. The van der Waals surface area contributed by atoms with Crippen molar-refractivity contribution < 1.29 is 4.79 Å². The van der Waals surface area contributed by atoms with Crippen molar-refractivity contribution in [1.82, 2.24) is 20.0 Å². The highest BCUT2D eigenvalue weighted by molar-refractivity contribution is 7.07. The second-order valence-corrected chi connectivity index (χ2v) is 6.80. The van der Waals surface area contributed by atoms with Gasteiger partial charge in [0.2, 0.25) is 5.91 Å². The summed E-state index contributed by atoms with van der Waals surface area (Å²) in [7, 11) is 1.90. The van der Waals surface area contributed by atoms with Gasteiger partial charge in [-0.1, -0.05) is 0 Å². The molecule has 2 fully saturated rings. The summed E-state index contributed by atoms with van der Waals surface area (Å²) < 4.78 is 0. The lowest BCUT2D eigenvalue weighted by Gasteiger charge is -2.46. The van der Waals surface area contributed by atoms with E-state index in [1.54, 1.807) is 11.3 Å². The number of carbonyl (C=O) groups is 1. The maximum Gasteiger partial charge on any atom is 0.236 e. The molecule has 2 saturated heterocycles. The molecule has 0 aliphatic carbocycles. The van der Waals surface area contributed by atoms with Gasteiger partial charge in [0.25, 0.3) is 0 Å². The van der Waals surface area contributed by atoms with Gasteiger partial charge in [-0.2, -0.15) is 11.3 Å². The molecule has 3 heterocycles. The van der Waals surface area contributed by atoms with Crippen molar-refractivity contribution in [3.8, 4) is 0 Å². The summed E-state index contributed by atoms with van der Waals surface area (Å²) in [5, 5.41) is 7.54. The van der Waals surface area contributed by atoms with Gasteiger partial charge in [0.1, 0.15) is 0 Å². The van der Waals surface area contributed by atoms with Crippen LogP contribution in [0.4, 0.5) is 0 Å².